The van der Waals surface area contributed by atoms with Gasteiger partial charge in [0.25, 0.3) is 5.69 Å². The third-order valence-electron chi connectivity index (χ3n) is 4.78. The van der Waals surface area contributed by atoms with Gasteiger partial charge in [-0.05, 0) is 12.1 Å². The topological polar surface area (TPSA) is 110 Å². The average Bonchev–Trinajstić information content (AvgIpc) is 3.19. The summed E-state index contributed by atoms with van der Waals surface area (Å²) in [6.07, 6.45) is 2.61. The Morgan fingerprint density at radius 1 is 1.38 bits per heavy atom. The highest BCUT2D eigenvalue weighted by molar-refractivity contribution is 6.31. The summed E-state index contributed by atoms with van der Waals surface area (Å²) in [5, 5.41) is 21.0. The summed E-state index contributed by atoms with van der Waals surface area (Å²) >= 11 is 5.78. The standard InChI is InChI=1S/C15H11ClN2O6/c16-7-1-2-8(9(5-7)18(22)23)17-13(20)11-10-3-4-15(6-19,24-10)12(11)14(17)21/h1-5,10-12,19H,6H2/t10-,11-,12-,15+/m0/s1. The number of carbonyl (C=O) groups is 2. The van der Waals surface area contributed by atoms with Crippen molar-refractivity contribution in [3.8, 4) is 0 Å². The first-order chi connectivity index (χ1) is 11.4. The molecule has 0 unspecified atom stereocenters. The lowest BCUT2D eigenvalue weighted by molar-refractivity contribution is -0.384. The molecule has 0 spiro atoms. The van der Waals surface area contributed by atoms with Crippen molar-refractivity contribution in [2.45, 2.75) is 11.7 Å². The van der Waals surface area contributed by atoms with E-state index in [2.05, 4.69) is 0 Å². The van der Waals surface area contributed by atoms with Crippen LogP contribution in [0.4, 0.5) is 11.4 Å². The molecule has 2 saturated heterocycles. The first kappa shape index (κ1) is 15.3. The third kappa shape index (κ3) is 1.75. The number of fused-ring (bicyclic) bond motifs is 5. The van der Waals surface area contributed by atoms with E-state index >= 15 is 0 Å². The van der Waals surface area contributed by atoms with Crippen molar-refractivity contribution in [2.24, 2.45) is 11.8 Å². The molecule has 0 aliphatic carbocycles. The van der Waals surface area contributed by atoms with E-state index in [0.29, 0.717) is 0 Å². The molecule has 4 rings (SSSR count). The second kappa shape index (κ2) is 4.85. The van der Waals surface area contributed by atoms with E-state index in [0.717, 1.165) is 11.0 Å². The number of carbonyl (C=O) groups excluding carboxylic acids is 2. The summed E-state index contributed by atoms with van der Waals surface area (Å²) < 4.78 is 5.61. The number of imide groups is 1. The van der Waals surface area contributed by atoms with Crippen LogP contribution < -0.4 is 4.90 Å². The molecule has 2 amide bonds. The molecule has 1 aromatic carbocycles. The lowest BCUT2D eigenvalue weighted by Gasteiger charge is -2.26. The van der Waals surface area contributed by atoms with Gasteiger partial charge in [-0.3, -0.25) is 19.7 Å². The van der Waals surface area contributed by atoms with Crippen molar-refractivity contribution in [3.05, 3.63) is 45.5 Å². The van der Waals surface area contributed by atoms with E-state index in [9.17, 15) is 24.8 Å². The van der Waals surface area contributed by atoms with E-state index in [-0.39, 0.29) is 10.7 Å². The molecule has 2 fully saturated rings. The number of benzene rings is 1. The molecule has 1 aromatic rings. The Morgan fingerprint density at radius 3 is 2.79 bits per heavy atom. The van der Waals surface area contributed by atoms with Gasteiger partial charge in [-0.25, -0.2) is 4.90 Å². The maximum absolute atomic E-state index is 12.8. The van der Waals surface area contributed by atoms with Gasteiger partial charge in [-0.2, -0.15) is 0 Å². The second-order valence-corrected chi connectivity index (χ2v) is 6.40. The number of rotatable bonds is 3. The predicted molar refractivity (Wildman–Crippen MR) is 81.4 cm³/mol. The zero-order chi connectivity index (χ0) is 17.2. The molecule has 3 heterocycles. The highest BCUT2D eigenvalue weighted by atomic mass is 35.5. The lowest BCUT2D eigenvalue weighted by atomic mass is 9.77. The summed E-state index contributed by atoms with van der Waals surface area (Å²) in [6.45, 7) is -0.448. The van der Waals surface area contributed by atoms with Crippen LogP contribution in [0.25, 0.3) is 0 Å². The molecule has 0 saturated carbocycles. The van der Waals surface area contributed by atoms with Crippen LogP contribution >= 0.6 is 11.6 Å². The smallest absolute Gasteiger partial charge is 0.294 e. The number of halogens is 1. The maximum Gasteiger partial charge on any atom is 0.294 e. The fourth-order valence-corrected chi connectivity index (χ4v) is 3.92. The number of nitro groups is 1. The van der Waals surface area contributed by atoms with Gasteiger partial charge in [0.2, 0.25) is 11.8 Å². The van der Waals surface area contributed by atoms with Crippen molar-refractivity contribution >= 4 is 34.8 Å². The summed E-state index contributed by atoms with van der Waals surface area (Å²) in [6, 6.07) is 3.75. The van der Waals surface area contributed by atoms with E-state index in [1.807, 2.05) is 0 Å². The number of amides is 2. The Labute approximate surface area is 140 Å². The number of aliphatic hydroxyl groups excluding tert-OH is 1. The van der Waals surface area contributed by atoms with Gasteiger partial charge >= 0.3 is 0 Å². The van der Waals surface area contributed by atoms with Crippen LogP contribution in [0.1, 0.15) is 0 Å². The fourth-order valence-electron chi connectivity index (χ4n) is 3.75. The van der Waals surface area contributed by atoms with Gasteiger partial charge in [-0.15, -0.1) is 0 Å². The Balaban J connectivity index is 1.82. The number of hydrogen-bond acceptors (Lipinski definition) is 6. The number of nitro benzene ring substituents is 1. The van der Waals surface area contributed by atoms with Crippen LogP contribution in [0.5, 0.6) is 0 Å². The summed E-state index contributed by atoms with van der Waals surface area (Å²) in [7, 11) is 0. The zero-order valence-electron chi connectivity index (χ0n) is 12.1. The van der Waals surface area contributed by atoms with Crippen LogP contribution in [0.2, 0.25) is 5.02 Å². The second-order valence-electron chi connectivity index (χ2n) is 5.96. The minimum Gasteiger partial charge on any atom is -0.393 e. The van der Waals surface area contributed by atoms with Gasteiger partial charge < -0.3 is 9.84 Å². The van der Waals surface area contributed by atoms with Crippen molar-refractivity contribution in [1.29, 1.82) is 0 Å². The van der Waals surface area contributed by atoms with Crippen molar-refractivity contribution in [3.63, 3.8) is 0 Å². The number of nitrogens with zero attached hydrogens (tertiary/aromatic N) is 2. The van der Waals surface area contributed by atoms with E-state index in [1.165, 1.54) is 12.1 Å². The van der Waals surface area contributed by atoms with Gasteiger partial charge in [0.15, 0.2) is 0 Å². The molecule has 3 aliphatic heterocycles. The molecule has 0 radical (unpaired) electrons. The highest BCUT2D eigenvalue weighted by Gasteiger charge is 2.68. The normalized spacial score (nSPS) is 33.4. The average molecular weight is 351 g/mol. The molecule has 2 bridgehead atoms. The number of hydrogen-bond donors (Lipinski definition) is 1. The minimum absolute atomic E-state index is 0.124. The van der Waals surface area contributed by atoms with Crippen LogP contribution in [-0.2, 0) is 14.3 Å². The van der Waals surface area contributed by atoms with Crippen LogP contribution in [0.15, 0.2) is 30.4 Å². The molecular formula is C15H11ClN2O6. The van der Waals surface area contributed by atoms with Crippen LogP contribution in [-0.4, -0.2) is 40.2 Å². The molecule has 3 aliphatic rings. The maximum atomic E-state index is 12.8. The van der Waals surface area contributed by atoms with Gasteiger partial charge in [0, 0.05) is 11.1 Å². The van der Waals surface area contributed by atoms with Gasteiger partial charge in [0.1, 0.15) is 11.3 Å². The zero-order valence-corrected chi connectivity index (χ0v) is 12.8. The Bertz CT molecular complexity index is 824. The minimum atomic E-state index is -1.24. The van der Waals surface area contributed by atoms with E-state index in [4.69, 9.17) is 16.3 Å². The van der Waals surface area contributed by atoms with Gasteiger partial charge in [-0.1, -0.05) is 23.8 Å². The summed E-state index contributed by atoms with van der Waals surface area (Å²) in [5.74, 6) is -2.86. The third-order valence-corrected chi connectivity index (χ3v) is 5.01. The van der Waals surface area contributed by atoms with E-state index < -0.39 is 52.6 Å². The first-order valence-electron chi connectivity index (χ1n) is 7.19. The first-order valence-corrected chi connectivity index (χ1v) is 7.57. The fraction of sp³-hybridized carbons (Fsp3) is 0.333. The van der Waals surface area contributed by atoms with Crippen molar-refractivity contribution < 1.29 is 24.4 Å². The Hall–Kier alpha value is -2.29. The molecule has 124 valence electrons. The van der Waals surface area contributed by atoms with Gasteiger partial charge in [0.05, 0.1) is 29.5 Å². The SMILES string of the molecule is O=C1[C@H]2[C@@H]3C=C[C@](CO)(O3)[C@@H]2C(=O)N1c1ccc(Cl)cc1[N+](=O)[O-]. The highest BCUT2D eigenvalue weighted by Crippen LogP contribution is 2.53. The Kier molecular flexibility index (Phi) is 3.08. The lowest BCUT2D eigenvalue weighted by Crippen LogP contribution is -2.43. The molecule has 8 nitrogen and oxygen atoms in total. The molecule has 1 N–H and O–H groups in total. The monoisotopic (exact) mass is 350 g/mol. The quantitative estimate of drug-likeness (QED) is 0.377. The van der Waals surface area contributed by atoms with Crippen LogP contribution in [0.3, 0.4) is 0 Å². The largest absolute Gasteiger partial charge is 0.393 e. The van der Waals surface area contributed by atoms with Crippen molar-refractivity contribution in [2.75, 3.05) is 11.5 Å². The predicted octanol–water partition coefficient (Wildman–Crippen LogP) is 1.05. The van der Waals surface area contributed by atoms with Crippen molar-refractivity contribution in [1.82, 2.24) is 0 Å². The molecular weight excluding hydrogens is 340 g/mol. The summed E-state index contributed by atoms with van der Waals surface area (Å²) in [5.41, 5.74) is -1.79. The molecule has 9 heteroatoms. The molecule has 24 heavy (non-hydrogen) atoms. The Morgan fingerprint density at radius 2 is 2.12 bits per heavy atom. The van der Waals surface area contributed by atoms with Crippen LogP contribution in [0, 0.1) is 22.0 Å². The number of aliphatic hydroxyl groups is 1. The van der Waals surface area contributed by atoms with E-state index in [1.54, 1.807) is 12.2 Å². The number of anilines is 1. The summed E-state index contributed by atoms with van der Waals surface area (Å²) in [4.78, 5) is 37.0. The number of ether oxygens (including phenoxy) is 1. The molecule has 4 atom stereocenters. The molecule has 0 aromatic heterocycles.